The minimum absolute atomic E-state index is 0.0103. The van der Waals surface area contributed by atoms with E-state index in [1.807, 2.05) is 55.6 Å². The smallest absolute Gasteiger partial charge is 0.224 e. The molecule has 1 N–H and O–H groups in total. The van der Waals surface area contributed by atoms with Gasteiger partial charge in [0.1, 0.15) is 5.01 Å². The number of thiazole rings is 1. The summed E-state index contributed by atoms with van der Waals surface area (Å²) in [6, 6.07) is 11.8. The maximum absolute atomic E-state index is 12.2. The summed E-state index contributed by atoms with van der Waals surface area (Å²) in [6.45, 7) is 4.01. The molecule has 0 spiro atoms. The number of amides is 1. The summed E-state index contributed by atoms with van der Waals surface area (Å²) >= 11 is 1.56. The Morgan fingerprint density at radius 1 is 1.21 bits per heavy atom. The minimum Gasteiger partial charge on any atom is -0.326 e. The number of aryl methyl sites for hydroxylation is 3. The molecule has 4 nitrogen and oxygen atoms in total. The molecule has 0 atom stereocenters. The molecule has 2 heterocycles. The van der Waals surface area contributed by atoms with Crippen LogP contribution in [0.5, 0.6) is 0 Å². The number of aromatic nitrogens is 2. The standard InChI is InChI=1S/C19H19N3OS/c1-13-6-7-14(2)17(11-13)22-18(23)9-8-15-12-24-19(21-15)16-5-3-4-10-20-16/h3-7,10-12H,8-9H2,1-2H3,(H,22,23). The lowest BCUT2D eigenvalue weighted by atomic mass is 10.1. The highest BCUT2D eigenvalue weighted by atomic mass is 32.1. The molecule has 0 saturated carbocycles. The first-order valence-electron chi connectivity index (χ1n) is 7.85. The van der Waals surface area contributed by atoms with Crippen molar-refractivity contribution in [2.24, 2.45) is 0 Å². The number of carbonyl (C=O) groups is 1. The molecule has 24 heavy (non-hydrogen) atoms. The van der Waals surface area contributed by atoms with Crippen molar-refractivity contribution in [1.82, 2.24) is 9.97 Å². The second-order valence-electron chi connectivity index (χ2n) is 5.73. The summed E-state index contributed by atoms with van der Waals surface area (Å²) in [6.07, 6.45) is 2.80. The summed E-state index contributed by atoms with van der Waals surface area (Å²) in [5, 5.41) is 5.87. The minimum atomic E-state index is 0.0103. The number of pyridine rings is 1. The van der Waals surface area contributed by atoms with Gasteiger partial charge in [0.15, 0.2) is 0 Å². The average molecular weight is 337 g/mol. The maximum Gasteiger partial charge on any atom is 0.224 e. The highest BCUT2D eigenvalue weighted by Gasteiger charge is 2.09. The number of anilines is 1. The molecule has 0 fully saturated rings. The Morgan fingerprint density at radius 2 is 2.08 bits per heavy atom. The number of hydrogen-bond acceptors (Lipinski definition) is 4. The number of nitrogens with one attached hydrogen (secondary N) is 1. The first kappa shape index (κ1) is 16.3. The van der Waals surface area contributed by atoms with Crippen LogP contribution < -0.4 is 5.32 Å². The normalized spacial score (nSPS) is 10.6. The Labute approximate surface area is 145 Å². The molecule has 1 amide bonds. The van der Waals surface area contributed by atoms with Crippen LogP contribution in [0.4, 0.5) is 5.69 Å². The van der Waals surface area contributed by atoms with Gasteiger partial charge in [-0.1, -0.05) is 18.2 Å². The van der Waals surface area contributed by atoms with Crippen LogP contribution in [0.1, 0.15) is 23.2 Å². The Balaban J connectivity index is 1.59. The topological polar surface area (TPSA) is 54.9 Å². The van der Waals surface area contributed by atoms with Crippen molar-refractivity contribution in [2.45, 2.75) is 26.7 Å². The summed E-state index contributed by atoms with van der Waals surface area (Å²) in [5.41, 5.74) is 4.88. The Morgan fingerprint density at radius 3 is 2.88 bits per heavy atom. The molecule has 5 heteroatoms. The molecule has 3 rings (SSSR count). The lowest BCUT2D eigenvalue weighted by Crippen LogP contribution is -2.13. The van der Waals surface area contributed by atoms with Gasteiger partial charge in [-0.05, 0) is 49.6 Å². The van der Waals surface area contributed by atoms with Gasteiger partial charge in [-0.25, -0.2) is 4.98 Å². The number of nitrogens with zero attached hydrogens (tertiary/aromatic N) is 2. The van der Waals surface area contributed by atoms with Crippen molar-refractivity contribution in [3.63, 3.8) is 0 Å². The molecule has 2 aromatic heterocycles. The molecule has 0 aliphatic rings. The van der Waals surface area contributed by atoms with Crippen molar-refractivity contribution < 1.29 is 4.79 Å². The van der Waals surface area contributed by atoms with Gasteiger partial charge in [-0.3, -0.25) is 9.78 Å². The van der Waals surface area contributed by atoms with E-state index < -0.39 is 0 Å². The highest BCUT2D eigenvalue weighted by Crippen LogP contribution is 2.22. The molecule has 122 valence electrons. The molecule has 0 saturated heterocycles. The van der Waals surface area contributed by atoms with Crippen molar-refractivity contribution in [3.05, 3.63) is 64.8 Å². The number of rotatable bonds is 5. The predicted octanol–water partition coefficient (Wildman–Crippen LogP) is 4.39. The molecule has 0 bridgehead atoms. The summed E-state index contributed by atoms with van der Waals surface area (Å²) < 4.78 is 0. The highest BCUT2D eigenvalue weighted by molar-refractivity contribution is 7.13. The zero-order valence-electron chi connectivity index (χ0n) is 13.7. The van der Waals surface area contributed by atoms with Crippen molar-refractivity contribution in [1.29, 1.82) is 0 Å². The molecule has 0 radical (unpaired) electrons. The SMILES string of the molecule is Cc1ccc(C)c(NC(=O)CCc2csc(-c3ccccn3)n2)c1. The van der Waals surface area contributed by atoms with Gasteiger partial charge in [0.2, 0.25) is 5.91 Å². The Hall–Kier alpha value is -2.53. The van der Waals surface area contributed by atoms with E-state index in [9.17, 15) is 4.79 Å². The fraction of sp³-hybridized carbons (Fsp3) is 0.211. The van der Waals surface area contributed by atoms with Crippen LogP contribution >= 0.6 is 11.3 Å². The Bertz CT molecular complexity index is 843. The first-order valence-corrected chi connectivity index (χ1v) is 8.73. The van der Waals surface area contributed by atoms with Gasteiger partial charge < -0.3 is 5.32 Å². The fourth-order valence-electron chi connectivity index (χ4n) is 2.35. The van der Waals surface area contributed by atoms with E-state index in [0.29, 0.717) is 12.8 Å². The van der Waals surface area contributed by atoms with Gasteiger partial charge >= 0.3 is 0 Å². The van der Waals surface area contributed by atoms with E-state index in [1.54, 1.807) is 17.5 Å². The van der Waals surface area contributed by atoms with Crippen molar-refractivity contribution >= 4 is 22.9 Å². The largest absolute Gasteiger partial charge is 0.326 e. The van der Waals surface area contributed by atoms with Crippen LogP contribution in [0.15, 0.2) is 48.0 Å². The van der Waals surface area contributed by atoms with Crippen molar-refractivity contribution in [3.8, 4) is 10.7 Å². The predicted molar refractivity (Wildman–Crippen MR) is 98.2 cm³/mol. The molecule has 0 aliphatic carbocycles. The summed E-state index contributed by atoms with van der Waals surface area (Å²) in [7, 11) is 0. The Kier molecular flexibility index (Phi) is 5.01. The molecule has 1 aromatic carbocycles. The molecule has 3 aromatic rings. The van der Waals surface area contributed by atoms with Gasteiger partial charge in [-0.15, -0.1) is 11.3 Å². The average Bonchev–Trinajstić information content (AvgIpc) is 3.06. The van der Waals surface area contributed by atoms with E-state index in [2.05, 4.69) is 15.3 Å². The van der Waals surface area contributed by atoms with E-state index in [0.717, 1.165) is 33.2 Å². The summed E-state index contributed by atoms with van der Waals surface area (Å²) in [5.74, 6) is 0.0103. The zero-order chi connectivity index (χ0) is 16.9. The monoisotopic (exact) mass is 337 g/mol. The third-order valence-corrected chi connectivity index (χ3v) is 4.62. The molecule has 0 aliphatic heterocycles. The fourth-order valence-corrected chi connectivity index (χ4v) is 3.18. The lowest BCUT2D eigenvalue weighted by molar-refractivity contribution is -0.116. The lowest BCUT2D eigenvalue weighted by Gasteiger charge is -2.08. The van der Waals surface area contributed by atoms with Crippen LogP contribution in [-0.2, 0) is 11.2 Å². The third kappa shape index (κ3) is 4.06. The second kappa shape index (κ2) is 7.36. The third-order valence-electron chi connectivity index (χ3n) is 3.71. The van der Waals surface area contributed by atoms with Gasteiger partial charge in [-0.2, -0.15) is 0 Å². The van der Waals surface area contributed by atoms with Gasteiger partial charge in [0.05, 0.1) is 11.4 Å². The molecule has 0 unspecified atom stereocenters. The van der Waals surface area contributed by atoms with Crippen molar-refractivity contribution in [2.75, 3.05) is 5.32 Å². The van der Waals surface area contributed by atoms with Gasteiger partial charge in [0, 0.05) is 23.7 Å². The number of carbonyl (C=O) groups excluding carboxylic acids is 1. The van der Waals surface area contributed by atoms with Gasteiger partial charge in [0.25, 0.3) is 0 Å². The number of benzene rings is 1. The maximum atomic E-state index is 12.2. The number of hydrogen-bond donors (Lipinski definition) is 1. The quantitative estimate of drug-likeness (QED) is 0.751. The van der Waals surface area contributed by atoms with E-state index in [4.69, 9.17) is 0 Å². The van der Waals surface area contributed by atoms with E-state index in [1.165, 1.54) is 0 Å². The second-order valence-corrected chi connectivity index (χ2v) is 6.58. The van der Waals surface area contributed by atoms with Crippen LogP contribution in [0.3, 0.4) is 0 Å². The van der Waals surface area contributed by atoms with Crippen LogP contribution in [0, 0.1) is 13.8 Å². The van der Waals surface area contributed by atoms with Crippen LogP contribution in [-0.4, -0.2) is 15.9 Å². The molecular formula is C19H19N3OS. The first-order chi connectivity index (χ1) is 11.6. The van der Waals surface area contributed by atoms with Crippen LogP contribution in [0.2, 0.25) is 0 Å². The molecular weight excluding hydrogens is 318 g/mol. The summed E-state index contributed by atoms with van der Waals surface area (Å²) in [4.78, 5) is 21.0. The van der Waals surface area contributed by atoms with E-state index >= 15 is 0 Å². The van der Waals surface area contributed by atoms with E-state index in [-0.39, 0.29) is 5.91 Å². The zero-order valence-corrected chi connectivity index (χ0v) is 14.6. The van der Waals surface area contributed by atoms with Crippen LogP contribution in [0.25, 0.3) is 10.7 Å².